The molecule has 1 fully saturated rings. The zero-order valence-electron chi connectivity index (χ0n) is 8.03. The molecule has 0 aromatic rings. The molecule has 0 radical (unpaired) electrons. The lowest BCUT2D eigenvalue weighted by Crippen LogP contribution is -2.43. The fourth-order valence-corrected chi connectivity index (χ4v) is 1.71. The van der Waals surface area contributed by atoms with Crippen LogP contribution in [0, 0.1) is 5.92 Å². The molecule has 3 N–H and O–H groups in total. The van der Waals surface area contributed by atoms with Gasteiger partial charge in [0.25, 0.3) is 0 Å². The Kier molecular flexibility index (Phi) is 3.50. The molecule has 12 heavy (non-hydrogen) atoms. The summed E-state index contributed by atoms with van der Waals surface area (Å²) in [5.74, 6) is 0.478. The smallest absolute Gasteiger partial charge is 0.0471 e. The van der Waals surface area contributed by atoms with Crippen LogP contribution in [0.25, 0.3) is 0 Å². The minimum atomic E-state index is 0.224. The molecule has 0 aliphatic carbocycles. The van der Waals surface area contributed by atoms with Gasteiger partial charge in [0.05, 0.1) is 0 Å². The second-order valence-corrected chi connectivity index (χ2v) is 3.93. The van der Waals surface area contributed by atoms with Crippen LogP contribution < -0.4 is 5.73 Å². The Labute approximate surface area is 74.5 Å². The number of hydrogen-bond acceptors (Lipinski definition) is 3. The third-order valence-electron chi connectivity index (χ3n) is 2.91. The Morgan fingerprint density at radius 3 is 2.67 bits per heavy atom. The predicted octanol–water partition coefficient (Wildman–Crippen LogP) is 0.0363. The SMILES string of the molecule is CC(N)C(C)N1CCC(CO)C1. The maximum Gasteiger partial charge on any atom is 0.0471 e. The van der Waals surface area contributed by atoms with Crippen molar-refractivity contribution >= 4 is 0 Å². The Morgan fingerprint density at radius 2 is 2.25 bits per heavy atom. The van der Waals surface area contributed by atoms with E-state index < -0.39 is 0 Å². The maximum absolute atomic E-state index is 8.95. The van der Waals surface area contributed by atoms with Crippen molar-refractivity contribution in [3.63, 3.8) is 0 Å². The lowest BCUT2D eigenvalue weighted by Gasteiger charge is -2.27. The topological polar surface area (TPSA) is 49.5 Å². The molecular weight excluding hydrogens is 152 g/mol. The number of nitrogens with two attached hydrogens (primary N) is 1. The van der Waals surface area contributed by atoms with Gasteiger partial charge in [-0.1, -0.05) is 0 Å². The average Bonchev–Trinajstić information content (AvgIpc) is 2.50. The second kappa shape index (κ2) is 4.21. The lowest BCUT2D eigenvalue weighted by molar-refractivity contribution is 0.193. The van der Waals surface area contributed by atoms with Crippen LogP contribution in [0.4, 0.5) is 0 Å². The molecule has 3 nitrogen and oxygen atoms in total. The maximum atomic E-state index is 8.95. The van der Waals surface area contributed by atoms with Crippen molar-refractivity contribution in [3.8, 4) is 0 Å². The van der Waals surface area contributed by atoms with Crippen molar-refractivity contribution < 1.29 is 5.11 Å². The highest BCUT2D eigenvalue weighted by Crippen LogP contribution is 2.18. The standard InChI is InChI=1S/C9H20N2O/c1-7(10)8(2)11-4-3-9(5-11)6-12/h7-9,12H,3-6,10H2,1-2H3. The molecule has 1 heterocycles. The molecule has 0 aromatic carbocycles. The van der Waals surface area contributed by atoms with Crippen LogP contribution >= 0.6 is 0 Å². The van der Waals surface area contributed by atoms with Gasteiger partial charge >= 0.3 is 0 Å². The van der Waals surface area contributed by atoms with Gasteiger partial charge < -0.3 is 10.8 Å². The molecule has 3 atom stereocenters. The Bertz CT molecular complexity index is 138. The molecule has 3 unspecified atom stereocenters. The van der Waals surface area contributed by atoms with Gasteiger partial charge in [-0.15, -0.1) is 0 Å². The summed E-state index contributed by atoms with van der Waals surface area (Å²) in [5.41, 5.74) is 5.80. The number of nitrogens with zero attached hydrogens (tertiary/aromatic N) is 1. The normalized spacial score (nSPS) is 30.5. The molecule has 0 aromatic heterocycles. The van der Waals surface area contributed by atoms with Gasteiger partial charge in [-0.25, -0.2) is 0 Å². The van der Waals surface area contributed by atoms with Crippen LogP contribution in [-0.4, -0.2) is 41.8 Å². The quantitative estimate of drug-likeness (QED) is 0.632. The summed E-state index contributed by atoms with van der Waals surface area (Å²) in [6, 6.07) is 0.670. The van der Waals surface area contributed by atoms with Crippen molar-refractivity contribution in [3.05, 3.63) is 0 Å². The van der Waals surface area contributed by atoms with Gasteiger partial charge in [-0.05, 0) is 32.7 Å². The van der Waals surface area contributed by atoms with Crippen LogP contribution in [0.15, 0.2) is 0 Å². The zero-order valence-corrected chi connectivity index (χ0v) is 8.03. The van der Waals surface area contributed by atoms with E-state index in [0.717, 1.165) is 19.5 Å². The van der Waals surface area contributed by atoms with Gasteiger partial charge in [-0.3, -0.25) is 4.90 Å². The van der Waals surface area contributed by atoms with Gasteiger partial charge in [-0.2, -0.15) is 0 Å². The minimum Gasteiger partial charge on any atom is -0.396 e. The zero-order chi connectivity index (χ0) is 9.14. The van der Waals surface area contributed by atoms with Gasteiger partial charge in [0.15, 0.2) is 0 Å². The summed E-state index contributed by atoms with van der Waals surface area (Å²) < 4.78 is 0. The van der Waals surface area contributed by atoms with Crippen molar-refractivity contribution in [2.45, 2.75) is 32.4 Å². The molecule has 3 heteroatoms. The third kappa shape index (κ3) is 2.19. The van der Waals surface area contributed by atoms with E-state index in [1.807, 2.05) is 6.92 Å². The summed E-state index contributed by atoms with van der Waals surface area (Å²) in [5, 5.41) is 8.95. The molecule has 0 bridgehead atoms. The monoisotopic (exact) mass is 172 g/mol. The molecule has 0 spiro atoms. The summed E-state index contributed by atoms with van der Waals surface area (Å²) in [4.78, 5) is 2.37. The number of hydrogen-bond donors (Lipinski definition) is 2. The molecule has 1 rings (SSSR count). The van der Waals surface area contributed by atoms with Crippen molar-refractivity contribution in [1.82, 2.24) is 4.90 Å². The first-order valence-electron chi connectivity index (χ1n) is 4.75. The van der Waals surface area contributed by atoms with E-state index >= 15 is 0 Å². The molecule has 0 amide bonds. The molecule has 72 valence electrons. The van der Waals surface area contributed by atoms with Crippen LogP contribution in [0.2, 0.25) is 0 Å². The predicted molar refractivity (Wildman–Crippen MR) is 49.9 cm³/mol. The van der Waals surface area contributed by atoms with Crippen molar-refractivity contribution in [2.75, 3.05) is 19.7 Å². The third-order valence-corrected chi connectivity index (χ3v) is 2.91. The van der Waals surface area contributed by atoms with E-state index in [2.05, 4.69) is 11.8 Å². The second-order valence-electron chi connectivity index (χ2n) is 3.93. The summed E-state index contributed by atoms with van der Waals surface area (Å²) in [6.45, 7) is 6.62. The van der Waals surface area contributed by atoms with Gasteiger partial charge in [0.1, 0.15) is 0 Å². The van der Waals surface area contributed by atoms with Crippen molar-refractivity contribution in [2.24, 2.45) is 11.7 Å². The first-order valence-corrected chi connectivity index (χ1v) is 4.75. The van der Waals surface area contributed by atoms with E-state index in [0.29, 0.717) is 18.6 Å². The van der Waals surface area contributed by atoms with Crippen LogP contribution in [0.3, 0.4) is 0 Å². The van der Waals surface area contributed by atoms with Crippen LogP contribution in [0.1, 0.15) is 20.3 Å². The molecular formula is C9H20N2O. The molecule has 0 saturated carbocycles. The first kappa shape index (κ1) is 9.96. The first-order chi connectivity index (χ1) is 5.65. The lowest BCUT2D eigenvalue weighted by atomic mass is 10.1. The minimum absolute atomic E-state index is 0.224. The Morgan fingerprint density at radius 1 is 1.58 bits per heavy atom. The number of aliphatic hydroxyl groups is 1. The van der Waals surface area contributed by atoms with Gasteiger partial charge in [0, 0.05) is 25.2 Å². The van der Waals surface area contributed by atoms with E-state index in [4.69, 9.17) is 10.8 Å². The summed E-state index contributed by atoms with van der Waals surface area (Å²) >= 11 is 0. The molecule has 1 aliphatic rings. The van der Waals surface area contributed by atoms with Crippen molar-refractivity contribution in [1.29, 1.82) is 0 Å². The number of aliphatic hydroxyl groups excluding tert-OH is 1. The highest BCUT2D eigenvalue weighted by molar-refractivity contribution is 4.82. The van der Waals surface area contributed by atoms with E-state index in [9.17, 15) is 0 Å². The van der Waals surface area contributed by atoms with Crippen LogP contribution in [-0.2, 0) is 0 Å². The highest BCUT2D eigenvalue weighted by atomic mass is 16.3. The van der Waals surface area contributed by atoms with E-state index in [1.54, 1.807) is 0 Å². The van der Waals surface area contributed by atoms with E-state index in [-0.39, 0.29) is 6.04 Å². The summed E-state index contributed by atoms with van der Waals surface area (Å²) in [7, 11) is 0. The Hall–Kier alpha value is -0.120. The average molecular weight is 172 g/mol. The van der Waals surface area contributed by atoms with Gasteiger partial charge in [0.2, 0.25) is 0 Å². The van der Waals surface area contributed by atoms with Crippen LogP contribution in [0.5, 0.6) is 0 Å². The highest BCUT2D eigenvalue weighted by Gasteiger charge is 2.26. The summed E-state index contributed by atoms with van der Waals surface area (Å²) in [6.07, 6.45) is 1.12. The molecule has 1 aliphatic heterocycles. The fourth-order valence-electron chi connectivity index (χ4n) is 1.71. The number of rotatable bonds is 3. The fraction of sp³-hybridized carbons (Fsp3) is 1.00. The van der Waals surface area contributed by atoms with E-state index in [1.165, 1.54) is 0 Å². The Balaban J connectivity index is 2.35. The largest absolute Gasteiger partial charge is 0.396 e. The number of likely N-dealkylation sites (tertiary alicyclic amines) is 1. The molecule has 1 saturated heterocycles.